The van der Waals surface area contributed by atoms with E-state index in [1.54, 1.807) is 6.20 Å². The number of aryl methyl sites for hydroxylation is 1. The summed E-state index contributed by atoms with van der Waals surface area (Å²) in [5.74, 6) is 0. The van der Waals surface area contributed by atoms with E-state index >= 15 is 0 Å². The van der Waals surface area contributed by atoms with E-state index in [9.17, 15) is 5.11 Å². The summed E-state index contributed by atoms with van der Waals surface area (Å²) in [4.78, 5) is 4.06. The largest absolute Gasteiger partial charge is 0.392 e. The van der Waals surface area contributed by atoms with Gasteiger partial charge in [0, 0.05) is 25.5 Å². The van der Waals surface area contributed by atoms with E-state index in [1.807, 2.05) is 19.2 Å². The van der Waals surface area contributed by atoms with Gasteiger partial charge in [-0.3, -0.25) is 4.98 Å². The van der Waals surface area contributed by atoms with E-state index < -0.39 is 0 Å². The lowest BCUT2D eigenvalue weighted by atomic mass is 10.1. The topological polar surface area (TPSA) is 45.1 Å². The van der Waals surface area contributed by atoms with Gasteiger partial charge >= 0.3 is 0 Å². The molecule has 78 valence electrons. The van der Waals surface area contributed by atoms with Crippen molar-refractivity contribution in [2.75, 3.05) is 6.54 Å². The van der Waals surface area contributed by atoms with E-state index in [2.05, 4.69) is 17.2 Å². The van der Waals surface area contributed by atoms with E-state index in [0.717, 1.165) is 13.0 Å². The van der Waals surface area contributed by atoms with Gasteiger partial charge in [-0.05, 0) is 30.5 Å². The van der Waals surface area contributed by atoms with Gasteiger partial charge in [0.2, 0.25) is 0 Å². The molecule has 0 aliphatic carbocycles. The Morgan fingerprint density at radius 3 is 3.00 bits per heavy atom. The molecule has 0 bridgehead atoms. The zero-order valence-corrected chi connectivity index (χ0v) is 8.83. The second-order valence-corrected chi connectivity index (χ2v) is 3.50. The van der Waals surface area contributed by atoms with Crippen LogP contribution in [0.15, 0.2) is 18.5 Å². The van der Waals surface area contributed by atoms with Gasteiger partial charge in [-0.15, -0.1) is 0 Å². The summed E-state index contributed by atoms with van der Waals surface area (Å²) in [6, 6.07) is 1.99. The molecular formula is C11H18N2O. The minimum absolute atomic E-state index is 0.244. The zero-order chi connectivity index (χ0) is 10.4. The highest BCUT2D eigenvalue weighted by atomic mass is 16.3. The summed E-state index contributed by atoms with van der Waals surface area (Å²) < 4.78 is 0. The van der Waals surface area contributed by atoms with Crippen LogP contribution in [0.4, 0.5) is 0 Å². The number of aliphatic hydroxyl groups excluding tert-OH is 1. The van der Waals surface area contributed by atoms with Gasteiger partial charge in [-0.1, -0.05) is 6.92 Å². The number of hydrogen-bond donors (Lipinski definition) is 2. The monoisotopic (exact) mass is 194 g/mol. The maximum Gasteiger partial charge on any atom is 0.0662 e. The van der Waals surface area contributed by atoms with Gasteiger partial charge in [0.05, 0.1) is 6.10 Å². The summed E-state index contributed by atoms with van der Waals surface area (Å²) >= 11 is 0. The predicted molar refractivity (Wildman–Crippen MR) is 57.0 cm³/mol. The van der Waals surface area contributed by atoms with Crippen molar-refractivity contribution in [2.45, 2.75) is 32.9 Å². The van der Waals surface area contributed by atoms with Crippen LogP contribution in [0.5, 0.6) is 0 Å². The molecule has 0 aromatic carbocycles. The van der Waals surface area contributed by atoms with Crippen LogP contribution in [-0.4, -0.2) is 22.7 Å². The van der Waals surface area contributed by atoms with Crippen LogP contribution in [0.1, 0.15) is 24.5 Å². The normalized spacial score (nSPS) is 12.8. The molecule has 1 heterocycles. The summed E-state index contributed by atoms with van der Waals surface area (Å²) in [6.07, 6.45) is 4.20. The average Bonchev–Trinajstić information content (AvgIpc) is 2.20. The van der Waals surface area contributed by atoms with Crippen LogP contribution < -0.4 is 5.32 Å². The Morgan fingerprint density at radius 1 is 1.57 bits per heavy atom. The Kier molecular flexibility index (Phi) is 4.56. The van der Waals surface area contributed by atoms with Gasteiger partial charge in [0.15, 0.2) is 0 Å². The van der Waals surface area contributed by atoms with Crippen molar-refractivity contribution >= 4 is 0 Å². The van der Waals surface area contributed by atoms with Crippen LogP contribution >= 0.6 is 0 Å². The fraction of sp³-hybridized carbons (Fsp3) is 0.545. The van der Waals surface area contributed by atoms with Crippen molar-refractivity contribution in [3.63, 3.8) is 0 Å². The van der Waals surface area contributed by atoms with Crippen LogP contribution in [0.25, 0.3) is 0 Å². The lowest BCUT2D eigenvalue weighted by Gasteiger charge is -2.10. The van der Waals surface area contributed by atoms with Crippen LogP contribution in [0, 0.1) is 6.92 Å². The van der Waals surface area contributed by atoms with Crippen LogP contribution in [0.2, 0.25) is 0 Å². The van der Waals surface area contributed by atoms with Crippen molar-refractivity contribution in [1.29, 1.82) is 0 Å². The molecule has 0 aliphatic heterocycles. The quantitative estimate of drug-likeness (QED) is 0.741. The van der Waals surface area contributed by atoms with E-state index in [4.69, 9.17) is 0 Å². The first-order valence-electron chi connectivity index (χ1n) is 5.02. The second kappa shape index (κ2) is 5.73. The SMILES string of the molecule is CCC(O)CNCc1cnccc1C. The summed E-state index contributed by atoms with van der Waals surface area (Å²) in [6.45, 7) is 5.46. The van der Waals surface area contributed by atoms with Crippen molar-refractivity contribution < 1.29 is 5.11 Å². The molecule has 2 N–H and O–H groups in total. The summed E-state index contributed by atoms with van der Waals surface area (Å²) in [5.41, 5.74) is 2.43. The highest BCUT2D eigenvalue weighted by molar-refractivity contribution is 5.20. The van der Waals surface area contributed by atoms with Crippen molar-refractivity contribution in [3.05, 3.63) is 29.6 Å². The molecule has 0 spiro atoms. The smallest absolute Gasteiger partial charge is 0.0662 e. The molecule has 1 unspecified atom stereocenters. The van der Waals surface area contributed by atoms with Gasteiger partial charge in [-0.25, -0.2) is 0 Å². The van der Waals surface area contributed by atoms with Crippen molar-refractivity contribution in [2.24, 2.45) is 0 Å². The number of pyridine rings is 1. The molecule has 0 saturated carbocycles. The van der Waals surface area contributed by atoms with Gasteiger partial charge in [-0.2, -0.15) is 0 Å². The predicted octanol–water partition coefficient (Wildman–Crippen LogP) is 1.25. The first kappa shape index (κ1) is 11.1. The molecule has 14 heavy (non-hydrogen) atoms. The van der Waals surface area contributed by atoms with Crippen LogP contribution in [0.3, 0.4) is 0 Å². The third-order valence-corrected chi connectivity index (χ3v) is 2.31. The molecule has 1 rings (SSSR count). The third kappa shape index (κ3) is 3.44. The van der Waals surface area contributed by atoms with Crippen LogP contribution in [-0.2, 0) is 6.54 Å². The third-order valence-electron chi connectivity index (χ3n) is 2.31. The first-order valence-corrected chi connectivity index (χ1v) is 5.02. The second-order valence-electron chi connectivity index (χ2n) is 3.50. The Hall–Kier alpha value is -0.930. The minimum atomic E-state index is -0.244. The van der Waals surface area contributed by atoms with E-state index in [1.165, 1.54) is 11.1 Å². The fourth-order valence-corrected chi connectivity index (χ4v) is 1.20. The Labute approximate surface area is 85.2 Å². The molecule has 0 radical (unpaired) electrons. The summed E-state index contributed by atoms with van der Waals surface area (Å²) in [7, 11) is 0. The minimum Gasteiger partial charge on any atom is -0.392 e. The van der Waals surface area contributed by atoms with Gasteiger partial charge in [0.1, 0.15) is 0 Å². The molecule has 1 aromatic heterocycles. The number of hydrogen-bond acceptors (Lipinski definition) is 3. The molecule has 0 amide bonds. The maximum absolute atomic E-state index is 9.33. The van der Waals surface area contributed by atoms with Gasteiger partial charge in [0.25, 0.3) is 0 Å². The average molecular weight is 194 g/mol. The highest BCUT2D eigenvalue weighted by Crippen LogP contribution is 2.03. The molecule has 0 fully saturated rings. The Balaban J connectivity index is 2.35. The lowest BCUT2D eigenvalue weighted by molar-refractivity contribution is 0.167. The molecule has 1 atom stereocenters. The van der Waals surface area contributed by atoms with E-state index in [0.29, 0.717) is 6.54 Å². The van der Waals surface area contributed by atoms with Crippen molar-refractivity contribution in [3.8, 4) is 0 Å². The molecule has 1 aromatic rings. The Morgan fingerprint density at radius 2 is 2.36 bits per heavy atom. The lowest BCUT2D eigenvalue weighted by Crippen LogP contribution is -2.25. The number of nitrogens with one attached hydrogen (secondary N) is 1. The number of rotatable bonds is 5. The maximum atomic E-state index is 9.33. The molecule has 3 nitrogen and oxygen atoms in total. The standard InChI is InChI=1S/C11H18N2O/c1-3-11(14)8-13-7-10-6-12-5-4-9(10)2/h4-6,11,13-14H,3,7-8H2,1-2H3. The van der Waals surface area contributed by atoms with Crippen molar-refractivity contribution in [1.82, 2.24) is 10.3 Å². The number of aromatic nitrogens is 1. The number of nitrogens with zero attached hydrogens (tertiary/aromatic N) is 1. The number of aliphatic hydroxyl groups is 1. The van der Waals surface area contributed by atoms with Gasteiger partial charge < -0.3 is 10.4 Å². The van der Waals surface area contributed by atoms with E-state index in [-0.39, 0.29) is 6.10 Å². The zero-order valence-electron chi connectivity index (χ0n) is 8.83. The molecule has 3 heteroatoms. The Bertz CT molecular complexity index is 276. The molecule has 0 aliphatic rings. The molecular weight excluding hydrogens is 176 g/mol. The first-order chi connectivity index (χ1) is 6.74. The molecule has 0 saturated heterocycles. The highest BCUT2D eigenvalue weighted by Gasteiger charge is 2.00. The summed E-state index contributed by atoms with van der Waals surface area (Å²) in [5, 5.41) is 12.5. The fourth-order valence-electron chi connectivity index (χ4n) is 1.20.